The summed E-state index contributed by atoms with van der Waals surface area (Å²) in [6.07, 6.45) is 2.00. The van der Waals surface area contributed by atoms with Crippen LogP contribution in [0.4, 0.5) is 0 Å². The van der Waals surface area contributed by atoms with Crippen molar-refractivity contribution >= 4 is 11.6 Å². The lowest BCUT2D eigenvalue weighted by molar-refractivity contribution is 0.522. The van der Waals surface area contributed by atoms with Gasteiger partial charge in [0.2, 0.25) is 0 Å². The van der Waals surface area contributed by atoms with Crippen LogP contribution in [0.5, 0.6) is 0 Å². The van der Waals surface area contributed by atoms with Crippen LogP contribution in [0.1, 0.15) is 25.6 Å². The van der Waals surface area contributed by atoms with Crippen LogP contribution in [0, 0.1) is 0 Å². The van der Waals surface area contributed by atoms with Crippen molar-refractivity contribution in [1.82, 2.24) is 15.1 Å². The molecular formula is C9H16ClN3. The molecule has 0 fully saturated rings. The van der Waals surface area contributed by atoms with E-state index in [1.807, 2.05) is 16.9 Å². The second-order valence-electron chi connectivity index (χ2n) is 3.25. The van der Waals surface area contributed by atoms with E-state index in [0.717, 1.165) is 18.8 Å². The van der Waals surface area contributed by atoms with Gasteiger partial charge in [-0.2, -0.15) is 5.10 Å². The molecular weight excluding hydrogens is 186 g/mol. The molecule has 0 saturated carbocycles. The first-order valence-corrected chi connectivity index (χ1v) is 5.08. The van der Waals surface area contributed by atoms with Crippen molar-refractivity contribution in [3.05, 3.63) is 18.0 Å². The van der Waals surface area contributed by atoms with E-state index in [1.54, 1.807) is 0 Å². The highest BCUT2D eigenvalue weighted by atomic mass is 35.5. The number of nitrogens with zero attached hydrogens (tertiary/aromatic N) is 2. The first kappa shape index (κ1) is 10.5. The maximum Gasteiger partial charge on any atom is 0.0762 e. The fourth-order valence-corrected chi connectivity index (χ4v) is 1.18. The Hall–Kier alpha value is -0.540. The minimum atomic E-state index is 0.432. The van der Waals surface area contributed by atoms with Crippen LogP contribution in [-0.2, 0) is 6.54 Å². The van der Waals surface area contributed by atoms with Crippen molar-refractivity contribution < 1.29 is 0 Å². The van der Waals surface area contributed by atoms with E-state index in [-0.39, 0.29) is 0 Å². The van der Waals surface area contributed by atoms with Crippen molar-refractivity contribution in [2.45, 2.75) is 26.4 Å². The molecule has 0 unspecified atom stereocenters. The van der Waals surface area contributed by atoms with E-state index < -0.39 is 0 Å². The Labute approximate surface area is 84.1 Å². The van der Waals surface area contributed by atoms with Gasteiger partial charge in [-0.15, -0.1) is 11.6 Å². The van der Waals surface area contributed by atoms with Crippen LogP contribution in [0.15, 0.2) is 12.3 Å². The third kappa shape index (κ3) is 3.36. The first-order valence-electron chi connectivity index (χ1n) is 4.54. The Morgan fingerprint density at radius 2 is 2.38 bits per heavy atom. The molecule has 4 heteroatoms. The Kier molecular flexibility index (Phi) is 4.25. The monoisotopic (exact) mass is 201 g/mol. The summed E-state index contributed by atoms with van der Waals surface area (Å²) in [4.78, 5) is 0. The van der Waals surface area contributed by atoms with Gasteiger partial charge in [0, 0.05) is 31.2 Å². The molecule has 1 rings (SSSR count). The molecule has 74 valence electrons. The third-order valence-electron chi connectivity index (χ3n) is 1.77. The third-order valence-corrected chi connectivity index (χ3v) is 1.96. The minimum Gasteiger partial charge on any atom is -0.310 e. The zero-order valence-electron chi connectivity index (χ0n) is 8.13. The molecule has 0 amide bonds. The summed E-state index contributed by atoms with van der Waals surface area (Å²) >= 11 is 5.54. The van der Waals surface area contributed by atoms with Gasteiger partial charge < -0.3 is 5.32 Å². The maximum atomic E-state index is 5.54. The SMILES string of the molecule is CC(C)n1ccc(CNCCCl)n1. The second kappa shape index (κ2) is 5.25. The quantitative estimate of drug-likeness (QED) is 0.582. The molecule has 0 saturated heterocycles. The van der Waals surface area contributed by atoms with E-state index in [2.05, 4.69) is 24.3 Å². The van der Waals surface area contributed by atoms with Gasteiger partial charge in [-0.05, 0) is 19.9 Å². The van der Waals surface area contributed by atoms with E-state index >= 15 is 0 Å². The summed E-state index contributed by atoms with van der Waals surface area (Å²) in [6, 6.07) is 2.46. The van der Waals surface area contributed by atoms with Gasteiger partial charge >= 0.3 is 0 Å². The van der Waals surface area contributed by atoms with Crippen molar-refractivity contribution in [1.29, 1.82) is 0 Å². The van der Waals surface area contributed by atoms with Gasteiger partial charge in [0.25, 0.3) is 0 Å². The van der Waals surface area contributed by atoms with Gasteiger partial charge in [0.15, 0.2) is 0 Å². The second-order valence-corrected chi connectivity index (χ2v) is 3.62. The van der Waals surface area contributed by atoms with Crippen LogP contribution in [0.25, 0.3) is 0 Å². The van der Waals surface area contributed by atoms with Crippen LogP contribution in [0.3, 0.4) is 0 Å². The molecule has 13 heavy (non-hydrogen) atoms. The molecule has 0 aliphatic rings. The summed E-state index contributed by atoms with van der Waals surface area (Å²) in [7, 11) is 0. The van der Waals surface area contributed by atoms with E-state index in [9.17, 15) is 0 Å². The van der Waals surface area contributed by atoms with Crippen molar-refractivity contribution in [2.75, 3.05) is 12.4 Å². The van der Waals surface area contributed by atoms with Gasteiger partial charge in [0.1, 0.15) is 0 Å². The zero-order chi connectivity index (χ0) is 9.68. The number of halogens is 1. The molecule has 0 aliphatic carbocycles. The fraction of sp³-hybridized carbons (Fsp3) is 0.667. The van der Waals surface area contributed by atoms with E-state index in [4.69, 9.17) is 11.6 Å². The maximum absolute atomic E-state index is 5.54. The summed E-state index contributed by atoms with van der Waals surface area (Å²) in [5.74, 6) is 0.644. The Morgan fingerprint density at radius 3 is 2.92 bits per heavy atom. The van der Waals surface area contributed by atoms with Crippen LogP contribution >= 0.6 is 11.6 Å². The molecule has 1 N–H and O–H groups in total. The van der Waals surface area contributed by atoms with E-state index in [0.29, 0.717) is 11.9 Å². The lowest BCUT2D eigenvalue weighted by Gasteiger charge is -2.03. The van der Waals surface area contributed by atoms with Gasteiger partial charge in [-0.25, -0.2) is 0 Å². The predicted octanol–water partition coefficient (Wildman–Crippen LogP) is 1.79. The summed E-state index contributed by atoms with van der Waals surface area (Å²) in [5.41, 5.74) is 1.07. The lowest BCUT2D eigenvalue weighted by atomic mass is 10.4. The highest BCUT2D eigenvalue weighted by molar-refractivity contribution is 6.18. The number of rotatable bonds is 5. The lowest BCUT2D eigenvalue weighted by Crippen LogP contribution is -2.16. The largest absolute Gasteiger partial charge is 0.310 e. The Bertz CT molecular complexity index is 245. The number of hydrogen-bond donors (Lipinski definition) is 1. The molecule has 3 nitrogen and oxygen atoms in total. The molecule has 0 aromatic carbocycles. The normalized spacial score (nSPS) is 11.1. The molecule has 0 bridgehead atoms. The molecule has 0 radical (unpaired) electrons. The smallest absolute Gasteiger partial charge is 0.0762 e. The molecule has 0 atom stereocenters. The predicted molar refractivity (Wildman–Crippen MR) is 55.0 cm³/mol. The average Bonchev–Trinajstić information content (AvgIpc) is 2.53. The average molecular weight is 202 g/mol. The zero-order valence-corrected chi connectivity index (χ0v) is 8.88. The van der Waals surface area contributed by atoms with Gasteiger partial charge in [0.05, 0.1) is 5.69 Å². The standard InChI is InChI=1S/C9H16ClN3/c1-8(2)13-6-3-9(12-13)7-11-5-4-10/h3,6,8,11H,4-5,7H2,1-2H3. The highest BCUT2D eigenvalue weighted by Gasteiger charge is 2.00. The molecule has 0 spiro atoms. The van der Waals surface area contributed by atoms with Crippen molar-refractivity contribution in [2.24, 2.45) is 0 Å². The molecule has 1 heterocycles. The minimum absolute atomic E-state index is 0.432. The summed E-state index contributed by atoms with van der Waals surface area (Å²) in [6.45, 7) is 5.86. The van der Waals surface area contributed by atoms with Crippen molar-refractivity contribution in [3.8, 4) is 0 Å². The number of alkyl halides is 1. The molecule has 1 aromatic rings. The first-order chi connectivity index (χ1) is 6.24. The fourth-order valence-electron chi connectivity index (χ4n) is 1.04. The highest BCUT2D eigenvalue weighted by Crippen LogP contribution is 2.03. The Morgan fingerprint density at radius 1 is 1.62 bits per heavy atom. The topological polar surface area (TPSA) is 29.9 Å². The number of nitrogens with one attached hydrogen (secondary N) is 1. The number of hydrogen-bond acceptors (Lipinski definition) is 2. The van der Waals surface area contributed by atoms with Crippen LogP contribution in [-0.4, -0.2) is 22.2 Å². The van der Waals surface area contributed by atoms with Crippen molar-refractivity contribution in [3.63, 3.8) is 0 Å². The number of aromatic nitrogens is 2. The van der Waals surface area contributed by atoms with Crippen LogP contribution < -0.4 is 5.32 Å². The Balaban J connectivity index is 2.40. The molecule has 0 aliphatic heterocycles. The van der Waals surface area contributed by atoms with Gasteiger partial charge in [-0.3, -0.25) is 4.68 Å². The van der Waals surface area contributed by atoms with Gasteiger partial charge in [-0.1, -0.05) is 0 Å². The van der Waals surface area contributed by atoms with E-state index in [1.165, 1.54) is 0 Å². The summed E-state index contributed by atoms with van der Waals surface area (Å²) in [5, 5.41) is 7.59. The summed E-state index contributed by atoms with van der Waals surface area (Å²) < 4.78 is 1.96. The molecule has 1 aromatic heterocycles. The van der Waals surface area contributed by atoms with Crippen LogP contribution in [0.2, 0.25) is 0 Å².